The van der Waals surface area contributed by atoms with Crippen LogP contribution in [0.3, 0.4) is 0 Å². The van der Waals surface area contributed by atoms with Crippen molar-refractivity contribution in [3.8, 4) is 11.9 Å². The molecule has 0 N–H and O–H groups in total. The van der Waals surface area contributed by atoms with Gasteiger partial charge in [0.2, 0.25) is 0 Å². The molecule has 78 valence electrons. The second kappa shape index (κ2) is 3.46. The van der Waals surface area contributed by atoms with E-state index in [9.17, 15) is 0 Å². The quantitative estimate of drug-likeness (QED) is 0.761. The Kier molecular flexibility index (Phi) is 1.97. The van der Waals surface area contributed by atoms with Gasteiger partial charge in [-0.3, -0.25) is 0 Å². The number of hydrogen-bond donors (Lipinski definition) is 0. The molecule has 0 radical (unpaired) electrons. The topological polar surface area (TPSA) is 54.5 Å². The number of nitriles is 1. The lowest BCUT2D eigenvalue weighted by atomic mass is 10.3. The molecule has 1 aliphatic carbocycles. The summed E-state index contributed by atoms with van der Waals surface area (Å²) >= 11 is 0. The van der Waals surface area contributed by atoms with Gasteiger partial charge in [0, 0.05) is 12.1 Å². The Morgan fingerprint density at radius 2 is 2.19 bits per heavy atom. The van der Waals surface area contributed by atoms with Crippen LogP contribution in [-0.2, 0) is 0 Å². The van der Waals surface area contributed by atoms with E-state index in [4.69, 9.17) is 5.26 Å². The summed E-state index contributed by atoms with van der Waals surface area (Å²) in [6.45, 7) is 0. The molecule has 0 bridgehead atoms. The summed E-state index contributed by atoms with van der Waals surface area (Å²) in [5.74, 6) is 1.34. The molecule has 0 unspecified atom stereocenters. The molecular weight excluding hydrogens is 200 g/mol. The third kappa shape index (κ3) is 1.57. The van der Waals surface area contributed by atoms with Gasteiger partial charge in [-0.15, -0.1) is 0 Å². The largest absolute Gasteiger partial charge is 0.222 e. The fourth-order valence-electron chi connectivity index (χ4n) is 1.68. The van der Waals surface area contributed by atoms with Gasteiger partial charge < -0.3 is 0 Å². The number of hydrogen-bond acceptors (Lipinski definition) is 3. The van der Waals surface area contributed by atoms with Crippen molar-refractivity contribution in [2.45, 2.75) is 18.8 Å². The predicted octanol–water partition coefficient (Wildman–Crippen LogP) is 2.02. The summed E-state index contributed by atoms with van der Waals surface area (Å²) in [6.07, 6.45) is 4.38. The molecule has 2 aromatic heterocycles. The summed E-state index contributed by atoms with van der Waals surface area (Å²) in [7, 11) is 0. The normalized spacial score (nSPS) is 14.7. The van der Waals surface area contributed by atoms with Crippen LogP contribution in [0.5, 0.6) is 0 Å². The lowest BCUT2D eigenvalue weighted by molar-refractivity contribution is 0.811. The van der Waals surface area contributed by atoms with Crippen molar-refractivity contribution in [3.63, 3.8) is 0 Å². The summed E-state index contributed by atoms with van der Waals surface area (Å²) in [4.78, 5) is 4.19. The van der Waals surface area contributed by atoms with Gasteiger partial charge in [-0.05, 0) is 31.0 Å². The first kappa shape index (κ1) is 9.10. The molecule has 0 amide bonds. The molecule has 0 atom stereocenters. The molecule has 0 saturated heterocycles. The summed E-state index contributed by atoms with van der Waals surface area (Å²) in [5.41, 5.74) is 1.55. The molecule has 2 aromatic rings. The summed E-state index contributed by atoms with van der Waals surface area (Å²) in [5, 5.41) is 13.2. The molecule has 0 aromatic carbocycles. The van der Waals surface area contributed by atoms with E-state index in [2.05, 4.69) is 10.1 Å². The van der Waals surface area contributed by atoms with E-state index in [1.807, 2.05) is 30.5 Å². The maximum absolute atomic E-state index is 8.77. The van der Waals surface area contributed by atoms with E-state index < -0.39 is 0 Å². The van der Waals surface area contributed by atoms with Crippen LogP contribution in [0.1, 0.15) is 30.1 Å². The molecule has 16 heavy (non-hydrogen) atoms. The molecule has 4 nitrogen and oxygen atoms in total. The highest BCUT2D eigenvalue weighted by atomic mass is 15.3. The second-order valence-electron chi connectivity index (χ2n) is 3.95. The Morgan fingerprint density at radius 3 is 2.94 bits per heavy atom. The Balaban J connectivity index is 1.97. The zero-order valence-corrected chi connectivity index (χ0v) is 8.67. The zero-order valence-electron chi connectivity index (χ0n) is 8.67. The van der Waals surface area contributed by atoms with Crippen LogP contribution in [0, 0.1) is 11.3 Å². The van der Waals surface area contributed by atoms with Gasteiger partial charge in [-0.25, -0.2) is 9.67 Å². The van der Waals surface area contributed by atoms with E-state index in [1.54, 1.807) is 10.7 Å². The average Bonchev–Trinajstić information content (AvgIpc) is 3.07. The molecule has 1 saturated carbocycles. The minimum atomic E-state index is 0.418. The molecule has 0 spiro atoms. The minimum Gasteiger partial charge on any atom is -0.222 e. The molecule has 3 rings (SSSR count). The maximum Gasteiger partial charge on any atom is 0.154 e. The van der Waals surface area contributed by atoms with Gasteiger partial charge in [0.05, 0.1) is 5.69 Å². The predicted molar refractivity (Wildman–Crippen MR) is 58.0 cm³/mol. The Morgan fingerprint density at radius 1 is 1.31 bits per heavy atom. The highest BCUT2D eigenvalue weighted by Gasteiger charge is 2.25. The fraction of sp³-hybridized carbons (Fsp3) is 0.250. The third-order valence-corrected chi connectivity index (χ3v) is 2.69. The van der Waals surface area contributed by atoms with Crippen molar-refractivity contribution in [2.24, 2.45) is 0 Å². The average molecular weight is 210 g/mol. The number of nitrogens with zero attached hydrogens (tertiary/aromatic N) is 4. The van der Waals surface area contributed by atoms with Gasteiger partial charge in [-0.2, -0.15) is 10.4 Å². The molecule has 1 aliphatic rings. The van der Waals surface area contributed by atoms with Gasteiger partial charge in [-0.1, -0.05) is 6.07 Å². The van der Waals surface area contributed by atoms with Crippen molar-refractivity contribution >= 4 is 0 Å². The number of rotatable bonds is 2. The lowest BCUT2D eigenvalue weighted by Crippen LogP contribution is -1.99. The SMILES string of the molecule is N#Cc1cccc(-n2ccc(C3CC3)n2)n1. The Labute approximate surface area is 93.2 Å². The van der Waals surface area contributed by atoms with E-state index in [-0.39, 0.29) is 0 Å². The van der Waals surface area contributed by atoms with E-state index in [1.165, 1.54) is 12.8 Å². The first-order valence-corrected chi connectivity index (χ1v) is 5.30. The zero-order chi connectivity index (χ0) is 11.0. The molecular formula is C12H10N4. The second-order valence-corrected chi connectivity index (χ2v) is 3.95. The van der Waals surface area contributed by atoms with Gasteiger partial charge >= 0.3 is 0 Å². The van der Waals surface area contributed by atoms with Crippen molar-refractivity contribution in [1.82, 2.24) is 14.8 Å². The number of pyridine rings is 1. The standard InChI is InChI=1S/C12H10N4/c13-8-10-2-1-3-12(14-10)16-7-6-11(15-16)9-4-5-9/h1-3,6-7,9H,4-5H2. The van der Waals surface area contributed by atoms with E-state index >= 15 is 0 Å². The van der Waals surface area contributed by atoms with E-state index in [0.717, 1.165) is 5.69 Å². The summed E-state index contributed by atoms with van der Waals surface area (Å²) < 4.78 is 1.73. The van der Waals surface area contributed by atoms with Crippen molar-refractivity contribution in [2.75, 3.05) is 0 Å². The molecule has 2 heterocycles. The maximum atomic E-state index is 8.77. The third-order valence-electron chi connectivity index (χ3n) is 2.69. The number of aromatic nitrogens is 3. The summed E-state index contributed by atoms with van der Waals surface area (Å²) in [6, 6.07) is 9.41. The van der Waals surface area contributed by atoms with Gasteiger partial charge in [0.25, 0.3) is 0 Å². The minimum absolute atomic E-state index is 0.418. The van der Waals surface area contributed by atoms with Crippen LogP contribution in [0.25, 0.3) is 5.82 Å². The van der Waals surface area contributed by atoms with Crippen molar-refractivity contribution < 1.29 is 0 Å². The molecule has 4 heteroatoms. The van der Waals surface area contributed by atoms with E-state index in [0.29, 0.717) is 17.4 Å². The van der Waals surface area contributed by atoms with Gasteiger partial charge in [0.15, 0.2) is 5.82 Å². The van der Waals surface area contributed by atoms with Crippen LogP contribution < -0.4 is 0 Å². The first-order chi connectivity index (χ1) is 7.86. The van der Waals surface area contributed by atoms with Gasteiger partial charge in [0.1, 0.15) is 11.8 Å². The van der Waals surface area contributed by atoms with Crippen LogP contribution in [0.4, 0.5) is 0 Å². The Bertz CT molecular complexity index is 560. The van der Waals surface area contributed by atoms with Crippen molar-refractivity contribution in [3.05, 3.63) is 41.9 Å². The smallest absolute Gasteiger partial charge is 0.154 e. The molecule has 0 aliphatic heterocycles. The van der Waals surface area contributed by atoms with Crippen LogP contribution in [0.15, 0.2) is 30.5 Å². The van der Waals surface area contributed by atoms with Crippen LogP contribution in [0.2, 0.25) is 0 Å². The highest BCUT2D eigenvalue weighted by molar-refractivity contribution is 5.30. The fourth-order valence-corrected chi connectivity index (χ4v) is 1.68. The lowest BCUT2D eigenvalue weighted by Gasteiger charge is -1.99. The Hall–Kier alpha value is -2.15. The van der Waals surface area contributed by atoms with Crippen molar-refractivity contribution in [1.29, 1.82) is 5.26 Å². The van der Waals surface area contributed by atoms with Crippen LogP contribution in [-0.4, -0.2) is 14.8 Å². The molecule has 1 fully saturated rings. The monoisotopic (exact) mass is 210 g/mol. The highest BCUT2D eigenvalue weighted by Crippen LogP contribution is 2.38. The first-order valence-electron chi connectivity index (χ1n) is 5.30. The van der Waals surface area contributed by atoms with Crippen LogP contribution >= 0.6 is 0 Å².